The number of aryl methyl sites for hydroxylation is 2. The van der Waals surface area contributed by atoms with Crippen LogP contribution in [-0.2, 0) is 9.53 Å². The summed E-state index contributed by atoms with van der Waals surface area (Å²) >= 11 is 7.38. The fraction of sp³-hybridized carbons (Fsp3) is 0.227. The number of nitrogens with zero attached hydrogens (tertiary/aromatic N) is 5. The number of benzene rings is 2. The van der Waals surface area contributed by atoms with E-state index in [0.29, 0.717) is 21.3 Å². The second-order valence-corrected chi connectivity index (χ2v) is 8.61. The van der Waals surface area contributed by atoms with Gasteiger partial charge in [0.15, 0.2) is 11.3 Å². The number of thioether (sulfide) groups is 1. The van der Waals surface area contributed by atoms with Gasteiger partial charge in [-0.3, -0.25) is 9.36 Å². The highest BCUT2D eigenvalue weighted by Gasteiger charge is 2.20. The number of hydrogen-bond acceptors (Lipinski definition) is 8. The van der Waals surface area contributed by atoms with Crippen molar-refractivity contribution in [2.45, 2.75) is 32.0 Å². The van der Waals surface area contributed by atoms with E-state index in [1.54, 1.807) is 42.9 Å². The van der Waals surface area contributed by atoms with Crippen molar-refractivity contribution in [3.63, 3.8) is 0 Å². The van der Waals surface area contributed by atoms with Crippen molar-refractivity contribution in [3.05, 3.63) is 70.6 Å². The molecule has 0 saturated carbocycles. The molecular weight excluding hydrogens is 469 g/mol. The molecule has 0 fully saturated rings. The minimum Gasteiger partial charge on any atom is -0.452 e. The lowest BCUT2D eigenvalue weighted by Crippen LogP contribution is -2.12. The average molecular weight is 488 g/mol. The Morgan fingerprint density at radius 2 is 2.03 bits per heavy atom. The first-order valence-electron chi connectivity index (χ1n) is 9.91. The molecule has 0 spiro atoms. The molecule has 4 rings (SSSR count). The van der Waals surface area contributed by atoms with E-state index >= 15 is 0 Å². The summed E-state index contributed by atoms with van der Waals surface area (Å²) < 4.78 is 26.1. The quantitative estimate of drug-likeness (QED) is 0.261. The fourth-order valence-electron chi connectivity index (χ4n) is 2.89. The molecule has 0 aliphatic carbocycles. The minimum absolute atomic E-state index is 0.00715. The van der Waals surface area contributed by atoms with E-state index in [1.807, 2.05) is 19.1 Å². The van der Waals surface area contributed by atoms with Gasteiger partial charge in [-0.05, 0) is 50.1 Å². The molecule has 0 aliphatic heterocycles. The summed E-state index contributed by atoms with van der Waals surface area (Å²) in [6.45, 7) is 5.20. The summed E-state index contributed by atoms with van der Waals surface area (Å²) in [7, 11) is 0. The van der Waals surface area contributed by atoms with Gasteiger partial charge in [-0.1, -0.05) is 46.7 Å². The van der Waals surface area contributed by atoms with Crippen molar-refractivity contribution in [2.75, 3.05) is 5.75 Å². The molecule has 0 N–H and O–H groups in total. The van der Waals surface area contributed by atoms with Gasteiger partial charge in [0.05, 0.1) is 11.4 Å². The van der Waals surface area contributed by atoms with Gasteiger partial charge >= 0.3 is 5.97 Å². The van der Waals surface area contributed by atoms with Crippen LogP contribution in [0, 0.1) is 19.7 Å². The Bertz CT molecular complexity index is 1310. The lowest BCUT2D eigenvalue weighted by molar-refractivity contribution is -0.146. The highest BCUT2D eigenvalue weighted by Crippen LogP contribution is 2.25. The zero-order valence-electron chi connectivity index (χ0n) is 18.0. The number of ether oxygens (including phenoxy) is 1. The number of carbonyl (C=O) groups is 1. The van der Waals surface area contributed by atoms with E-state index in [4.69, 9.17) is 20.9 Å². The Balaban J connectivity index is 1.37. The average Bonchev–Trinajstić information content (AvgIpc) is 3.46. The molecule has 0 amide bonds. The number of halogens is 2. The zero-order valence-corrected chi connectivity index (χ0v) is 19.5. The van der Waals surface area contributed by atoms with E-state index in [-0.39, 0.29) is 23.3 Å². The van der Waals surface area contributed by atoms with Crippen molar-refractivity contribution in [3.8, 4) is 17.1 Å². The molecule has 4 aromatic rings. The van der Waals surface area contributed by atoms with Crippen molar-refractivity contribution in [2.24, 2.45) is 0 Å². The third-order valence-corrected chi connectivity index (χ3v) is 6.12. The molecule has 8 nitrogen and oxygen atoms in total. The van der Waals surface area contributed by atoms with Crippen LogP contribution < -0.4 is 0 Å². The summed E-state index contributed by atoms with van der Waals surface area (Å²) in [5.41, 5.74) is 2.73. The molecule has 1 unspecified atom stereocenters. The normalized spacial score (nSPS) is 12.0. The van der Waals surface area contributed by atoms with Crippen LogP contribution >= 0.6 is 23.4 Å². The standard InChI is InChI=1S/C22H19ClFN5O3S/c1-12-5-7-16(9-17(12)23)29-11-25-27-22(29)33-10-19(30)31-14(3)21-26-20(28-32-21)15-6-4-13(2)18(24)8-15/h4-9,11,14H,10H2,1-3H3. The molecule has 170 valence electrons. The van der Waals surface area contributed by atoms with E-state index in [0.717, 1.165) is 11.3 Å². The molecule has 2 heterocycles. The molecule has 0 radical (unpaired) electrons. The van der Waals surface area contributed by atoms with Gasteiger partial charge in [-0.25, -0.2) is 4.39 Å². The summed E-state index contributed by atoms with van der Waals surface area (Å²) in [6, 6.07) is 10.2. The van der Waals surface area contributed by atoms with E-state index in [1.165, 1.54) is 17.8 Å². The summed E-state index contributed by atoms with van der Waals surface area (Å²) in [5, 5.41) is 13.0. The highest BCUT2D eigenvalue weighted by molar-refractivity contribution is 7.99. The van der Waals surface area contributed by atoms with Crippen LogP contribution in [0.5, 0.6) is 0 Å². The minimum atomic E-state index is -0.775. The third kappa shape index (κ3) is 5.23. The number of hydrogen-bond donors (Lipinski definition) is 0. The monoisotopic (exact) mass is 487 g/mol. The van der Waals surface area contributed by atoms with E-state index < -0.39 is 12.1 Å². The smallest absolute Gasteiger partial charge is 0.317 e. The largest absolute Gasteiger partial charge is 0.452 e. The van der Waals surface area contributed by atoms with E-state index in [2.05, 4.69) is 20.3 Å². The van der Waals surface area contributed by atoms with Gasteiger partial charge in [0.1, 0.15) is 12.1 Å². The maximum absolute atomic E-state index is 13.8. The summed E-state index contributed by atoms with van der Waals surface area (Å²) in [6.07, 6.45) is 0.772. The first-order chi connectivity index (χ1) is 15.8. The number of esters is 1. The van der Waals surface area contributed by atoms with Crippen LogP contribution in [0.1, 0.15) is 30.0 Å². The zero-order chi connectivity index (χ0) is 23.5. The maximum atomic E-state index is 13.8. The van der Waals surface area contributed by atoms with Gasteiger partial charge in [0, 0.05) is 10.6 Å². The molecule has 11 heteroatoms. The highest BCUT2D eigenvalue weighted by atomic mass is 35.5. The van der Waals surface area contributed by atoms with Gasteiger partial charge < -0.3 is 9.26 Å². The van der Waals surface area contributed by atoms with Crippen LogP contribution in [0.25, 0.3) is 17.1 Å². The Hall–Kier alpha value is -3.24. The van der Waals surface area contributed by atoms with Gasteiger partial charge in [-0.2, -0.15) is 4.98 Å². The van der Waals surface area contributed by atoms with Crippen LogP contribution in [0.4, 0.5) is 4.39 Å². The van der Waals surface area contributed by atoms with Crippen molar-refractivity contribution < 1.29 is 18.4 Å². The first kappa shape index (κ1) is 22.9. The Morgan fingerprint density at radius 3 is 2.79 bits per heavy atom. The van der Waals surface area contributed by atoms with Crippen LogP contribution in [0.2, 0.25) is 5.02 Å². The van der Waals surface area contributed by atoms with Crippen LogP contribution in [0.3, 0.4) is 0 Å². The molecule has 33 heavy (non-hydrogen) atoms. The number of aromatic nitrogens is 5. The van der Waals surface area contributed by atoms with Crippen molar-refractivity contribution in [1.29, 1.82) is 0 Å². The molecule has 0 bridgehead atoms. The lowest BCUT2D eigenvalue weighted by atomic mass is 10.1. The van der Waals surface area contributed by atoms with Gasteiger partial charge in [0.25, 0.3) is 5.89 Å². The third-order valence-electron chi connectivity index (χ3n) is 4.80. The number of rotatable bonds is 7. The molecule has 2 aromatic heterocycles. The molecule has 0 saturated heterocycles. The maximum Gasteiger partial charge on any atom is 0.317 e. The Morgan fingerprint density at radius 1 is 1.24 bits per heavy atom. The molecule has 2 aromatic carbocycles. The second-order valence-electron chi connectivity index (χ2n) is 7.26. The Labute approximate surface area is 198 Å². The molecular formula is C22H19ClFN5O3S. The van der Waals surface area contributed by atoms with Crippen molar-refractivity contribution in [1.82, 2.24) is 24.9 Å². The second kappa shape index (κ2) is 9.72. The van der Waals surface area contributed by atoms with E-state index in [9.17, 15) is 9.18 Å². The first-order valence-corrected chi connectivity index (χ1v) is 11.3. The van der Waals surface area contributed by atoms with Gasteiger partial charge in [0.2, 0.25) is 5.82 Å². The SMILES string of the molecule is Cc1ccc(-c2noc(C(C)OC(=O)CSc3nncn3-c3ccc(C)c(Cl)c3)n2)cc1F. The fourth-order valence-corrected chi connectivity index (χ4v) is 3.77. The number of carbonyl (C=O) groups excluding carboxylic acids is 1. The lowest BCUT2D eigenvalue weighted by Gasteiger charge is -2.10. The summed E-state index contributed by atoms with van der Waals surface area (Å²) in [5.74, 6) is -0.540. The molecule has 0 aliphatic rings. The van der Waals surface area contributed by atoms with Crippen LogP contribution in [0.15, 0.2) is 52.4 Å². The Kier molecular flexibility index (Phi) is 6.75. The molecule has 1 atom stereocenters. The van der Waals surface area contributed by atoms with Crippen molar-refractivity contribution >= 4 is 29.3 Å². The van der Waals surface area contributed by atoms with Crippen LogP contribution in [-0.4, -0.2) is 36.6 Å². The summed E-state index contributed by atoms with van der Waals surface area (Å²) in [4.78, 5) is 16.6. The topological polar surface area (TPSA) is 95.9 Å². The predicted molar refractivity (Wildman–Crippen MR) is 121 cm³/mol. The van der Waals surface area contributed by atoms with Gasteiger partial charge in [-0.15, -0.1) is 10.2 Å². The predicted octanol–water partition coefficient (Wildman–Crippen LogP) is 5.12.